The van der Waals surface area contributed by atoms with E-state index in [0.717, 1.165) is 12.8 Å². The van der Waals surface area contributed by atoms with Gasteiger partial charge in [0.15, 0.2) is 23.1 Å². The molecule has 1 aliphatic carbocycles. The summed E-state index contributed by atoms with van der Waals surface area (Å²) in [6.07, 6.45) is 1.63. The lowest BCUT2D eigenvalue weighted by atomic mass is 10.1. The number of hydrogen-bond acceptors (Lipinski definition) is 11. The van der Waals surface area contributed by atoms with Gasteiger partial charge in [-0.1, -0.05) is 11.2 Å². The van der Waals surface area contributed by atoms with Crippen molar-refractivity contribution >= 4 is 34.9 Å². The second kappa shape index (κ2) is 10.4. The van der Waals surface area contributed by atoms with Gasteiger partial charge >= 0.3 is 0 Å². The maximum Gasteiger partial charge on any atom is 0.271 e. The van der Waals surface area contributed by atoms with E-state index < -0.39 is 18.6 Å². The Labute approximate surface area is 204 Å². The maximum atomic E-state index is 12.1. The number of nitrogens with one attached hydrogen (secondary N) is 3. The normalized spacial score (nSPS) is 13.5. The SMILES string of the molecule is COc1c(Nc2cc(NC(=O)C3CC3)nnc2C(N)=O)cccc1-c1nc([C@@H](CO)NC(C)=O)no1. The molecule has 1 aromatic carbocycles. The molecule has 0 aliphatic heterocycles. The van der Waals surface area contributed by atoms with Crippen molar-refractivity contribution in [3.8, 4) is 17.2 Å². The summed E-state index contributed by atoms with van der Waals surface area (Å²) in [6, 6.07) is 5.60. The number of rotatable bonds is 10. The minimum absolute atomic E-state index is 0.0498. The molecule has 4 rings (SSSR count). The van der Waals surface area contributed by atoms with Crippen molar-refractivity contribution in [2.24, 2.45) is 11.7 Å². The van der Waals surface area contributed by atoms with Crippen LogP contribution in [0.1, 0.15) is 42.1 Å². The van der Waals surface area contributed by atoms with Crippen LogP contribution in [0.15, 0.2) is 28.8 Å². The number of para-hydroxylation sites is 1. The van der Waals surface area contributed by atoms with Crippen LogP contribution in [-0.2, 0) is 9.59 Å². The Morgan fingerprint density at radius 1 is 1.25 bits per heavy atom. The molecule has 0 unspecified atom stereocenters. The summed E-state index contributed by atoms with van der Waals surface area (Å²) in [5, 5.41) is 29.4. The Hall–Kier alpha value is -4.59. The number of aromatic nitrogens is 4. The maximum absolute atomic E-state index is 12.1. The number of hydrogen-bond donors (Lipinski definition) is 5. The molecule has 1 fully saturated rings. The van der Waals surface area contributed by atoms with Crippen molar-refractivity contribution in [1.82, 2.24) is 25.7 Å². The minimum Gasteiger partial charge on any atom is -0.494 e. The highest BCUT2D eigenvalue weighted by Gasteiger charge is 2.30. The molecule has 188 valence electrons. The van der Waals surface area contributed by atoms with Gasteiger partial charge in [-0.15, -0.1) is 10.2 Å². The predicted molar refractivity (Wildman–Crippen MR) is 125 cm³/mol. The smallest absolute Gasteiger partial charge is 0.271 e. The molecule has 2 aromatic heterocycles. The number of nitrogens with two attached hydrogens (primary N) is 1. The van der Waals surface area contributed by atoms with Crippen LogP contribution in [0, 0.1) is 5.92 Å². The van der Waals surface area contributed by atoms with Crippen molar-refractivity contribution in [2.75, 3.05) is 24.4 Å². The summed E-state index contributed by atoms with van der Waals surface area (Å²) in [7, 11) is 1.43. The Morgan fingerprint density at radius 2 is 2.03 bits per heavy atom. The Morgan fingerprint density at radius 3 is 2.67 bits per heavy atom. The second-order valence-electron chi connectivity index (χ2n) is 8.02. The first-order chi connectivity index (χ1) is 17.3. The topological polar surface area (TPSA) is 207 Å². The molecule has 0 saturated heterocycles. The third kappa shape index (κ3) is 5.38. The molecule has 1 aliphatic rings. The van der Waals surface area contributed by atoms with E-state index in [1.807, 2.05) is 0 Å². The largest absolute Gasteiger partial charge is 0.494 e. The second-order valence-corrected chi connectivity index (χ2v) is 8.02. The number of aliphatic hydroxyl groups excluding tert-OH is 1. The third-order valence-corrected chi connectivity index (χ3v) is 5.26. The third-order valence-electron chi connectivity index (χ3n) is 5.26. The molecule has 14 nitrogen and oxygen atoms in total. The van der Waals surface area contributed by atoms with Crippen molar-refractivity contribution < 1.29 is 28.8 Å². The van der Waals surface area contributed by atoms with Crippen molar-refractivity contribution in [1.29, 1.82) is 0 Å². The van der Waals surface area contributed by atoms with Gasteiger partial charge in [0.05, 0.1) is 30.7 Å². The monoisotopic (exact) mass is 496 g/mol. The number of carbonyl (C=O) groups is 3. The molecule has 1 atom stereocenters. The first-order valence-corrected chi connectivity index (χ1v) is 10.9. The van der Waals surface area contributed by atoms with Crippen LogP contribution in [0.3, 0.4) is 0 Å². The summed E-state index contributed by atoms with van der Waals surface area (Å²) < 4.78 is 10.9. The average Bonchev–Trinajstić information content (AvgIpc) is 3.59. The average molecular weight is 496 g/mol. The number of primary amides is 1. The highest BCUT2D eigenvalue weighted by Crippen LogP contribution is 2.38. The highest BCUT2D eigenvalue weighted by molar-refractivity contribution is 5.99. The summed E-state index contributed by atoms with van der Waals surface area (Å²) in [5.74, 6) is -0.834. The van der Waals surface area contributed by atoms with Gasteiger partial charge in [0.2, 0.25) is 11.8 Å². The number of methoxy groups -OCH3 is 1. The molecule has 3 amide bonds. The molecule has 0 spiro atoms. The van der Waals surface area contributed by atoms with E-state index >= 15 is 0 Å². The fourth-order valence-corrected chi connectivity index (χ4v) is 3.40. The van der Waals surface area contributed by atoms with Crippen LogP contribution in [0.25, 0.3) is 11.5 Å². The van der Waals surface area contributed by atoms with E-state index in [9.17, 15) is 19.5 Å². The molecule has 2 heterocycles. The van der Waals surface area contributed by atoms with Gasteiger partial charge in [0.25, 0.3) is 11.8 Å². The van der Waals surface area contributed by atoms with Gasteiger partial charge in [0.1, 0.15) is 6.04 Å². The number of ether oxygens (including phenoxy) is 1. The van der Waals surface area contributed by atoms with Gasteiger partial charge < -0.3 is 36.1 Å². The molecule has 6 N–H and O–H groups in total. The van der Waals surface area contributed by atoms with E-state index in [2.05, 4.69) is 36.3 Å². The number of nitrogens with zero attached hydrogens (tertiary/aromatic N) is 4. The van der Waals surface area contributed by atoms with Crippen LogP contribution in [0.4, 0.5) is 17.2 Å². The lowest BCUT2D eigenvalue weighted by Gasteiger charge is -2.15. The van der Waals surface area contributed by atoms with Gasteiger partial charge in [0, 0.05) is 18.9 Å². The van der Waals surface area contributed by atoms with Crippen LogP contribution in [0.2, 0.25) is 0 Å². The summed E-state index contributed by atoms with van der Waals surface area (Å²) in [6.45, 7) is 0.876. The van der Waals surface area contributed by atoms with Gasteiger partial charge in [-0.05, 0) is 25.0 Å². The highest BCUT2D eigenvalue weighted by atomic mass is 16.5. The van der Waals surface area contributed by atoms with E-state index in [-0.39, 0.29) is 52.4 Å². The number of amides is 3. The number of carbonyl (C=O) groups excluding carboxylic acids is 3. The van der Waals surface area contributed by atoms with Gasteiger partial charge in [-0.2, -0.15) is 4.98 Å². The molecule has 3 aromatic rings. The minimum atomic E-state index is -0.849. The molecular formula is C22H24N8O6. The van der Waals surface area contributed by atoms with E-state index in [4.69, 9.17) is 15.0 Å². The molecule has 0 bridgehead atoms. The van der Waals surface area contributed by atoms with Crippen LogP contribution in [0.5, 0.6) is 5.75 Å². The van der Waals surface area contributed by atoms with E-state index in [1.165, 1.54) is 20.1 Å². The number of aliphatic hydroxyl groups is 1. The quantitative estimate of drug-likeness (QED) is 0.266. The van der Waals surface area contributed by atoms with Crippen LogP contribution < -0.4 is 26.4 Å². The van der Waals surface area contributed by atoms with Crippen LogP contribution >= 0.6 is 0 Å². The summed E-state index contributed by atoms with van der Waals surface area (Å²) >= 11 is 0. The van der Waals surface area contributed by atoms with Crippen LogP contribution in [-0.4, -0.2) is 56.9 Å². The Balaban J connectivity index is 1.66. The zero-order valence-electron chi connectivity index (χ0n) is 19.4. The zero-order valence-corrected chi connectivity index (χ0v) is 19.4. The fraction of sp³-hybridized carbons (Fsp3) is 0.318. The molecule has 1 saturated carbocycles. The fourth-order valence-electron chi connectivity index (χ4n) is 3.40. The first kappa shape index (κ1) is 24.5. The zero-order chi connectivity index (χ0) is 25.8. The van der Waals surface area contributed by atoms with Crippen molar-refractivity contribution in [3.63, 3.8) is 0 Å². The Kier molecular flexibility index (Phi) is 7.05. The van der Waals surface area contributed by atoms with E-state index in [0.29, 0.717) is 11.3 Å². The lowest BCUT2D eigenvalue weighted by Crippen LogP contribution is -2.29. The molecule has 36 heavy (non-hydrogen) atoms. The molecule has 0 radical (unpaired) electrons. The van der Waals surface area contributed by atoms with Crippen molar-refractivity contribution in [2.45, 2.75) is 25.8 Å². The number of anilines is 3. The summed E-state index contributed by atoms with van der Waals surface area (Å²) in [5.41, 5.74) is 6.30. The molecule has 14 heteroatoms. The van der Waals surface area contributed by atoms with Crippen molar-refractivity contribution in [3.05, 3.63) is 35.8 Å². The predicted octanol–water partition coefficient (Wildman–Crippen LogP) is 0.896. The molecular weight excluding hydrogens is 472 g/mol. The standard InChI is InChI=1S/C22H24N8O6/c1-10(32)24-15(9-31)20-27-22(36-30-20)12-4-3-5-13(18(12)35-2)25-14-8-16(26-21(34)11-6-7-11)28-29-17(14)19(23)33/h3-5,8,11,15,31H,6-7,9H2,1-2H3,(H2,23,33)(H,24,32)(H2,25,26,28,34)/t15-/m1/s1. The van der Waals surface area contributed by atoms with Gasteiger partial charge in [-0.25, -0.2) is 0 Å². The first-order valence-electron chi connectivity index (χ1n) is 10.9. The van der Waals surface area contributed by atoms with E-state index in [1.54, 1.807) is 18.2 Å². The number of benzene rings is 1. The lowest BCUT2D eigenvalue weighted by molar-refractivity contribution is -0.120. The summed E-state index contributed by atoms with van der Waals surface area (Å²) in [4.78, 5) is 39.7. The van der Waals surface area contributed by atoms with Gasteiger partial charge in [-0.3, -0.25) is 14.4 Å². The Bertz CT molecular complexity index is 1310.